The molecule has 2 amide bonds. The van der Waals surface area contributed by atoms with Gasteiger partial charge in [0.15, 0.2) is 0 Å². The van der Waals surface area contributed by atoms with Gasteiger partial charge in [0.1, 0.15) is 0 Å². The zero-order chi connectivity index (χ0) is 55.2. The third-order valence-corrected chi connectivity index (χ3v) is 14.9. The predicted octanol–water partition coefficient (Wildman–Crippen LogP) is 15.3. The van der Waals surface area contributed by atoms with Crippen LogP contribution in [-0.2, 0) is 5.41 Å². The topological polar surface area (TPSA) is 136 Å². The second kappa shape index (κ2) is 21.0. The minimum absolute atomic E-state index is 0.00198. The summed E-state index contributed by atoms with van der Waals surface area (Å²) in [5.74, 6) is -0.553. The van der Waals surface area contributed by atoms with Gasteiger partial charge < -0.3 is 41.5 Å². The van der Waals surface area contributed by atoms with Crippen LogP contribution in [0.15, 0.2) is 146 Å². The predicted molar refractivity (Wildman–Crippen MR) is 313 cm³/mol. The smallest absolute Gasteiger partial charge is 0.255 e. The standard InChI is InChI=1S/C64H82N8O4/c1-59(2,3)45-18-26-51(27-19-45)69(52-28-20-46(21-29-52)65-49-39-61(7,8)71(75)62(9,10)40-49)55-34-36-56(37-35-55)70(53-30-22-47(23-31-53)66-50-41-63(11,12)72(76)64(13,14)42-50)54-32-24-48(25-33-54)67-57(73)43-16-15-17-44(38-43)58(74)68-60(4,5)6/h15-38,49-50,65-66,75-76H,39-42H2,1-14H3,(H,67,73)(H,68,74). The van der Waals surface area contributed by atoms with Crippen molar-refractivity contribution in [1.82, 2.24) is 15.4 Å². The highest BCUT2D eigenvalue weighted by Crippen LogP contribution is 2.43. The van der Waals surface area contributed by atoms with Crippen molar-refractivity contribution < 1.29 is 20.0 Å². The molecule has 2 fully saturated rings. The first-order valence-corrected chi connectivity index (χ1v) is 26.8. The molecule has 0 spiro atoms. The largest absolute Gasteiger partial charge is 0.382 e. The van der Waals surface area contributed by atoms with Crippen LogP contribution in [0.25, 0.3) is 0 Å². The molecule has 2 heterocycles. The van der Waals surface area contributed by atoms with Gasteiger partial charge in [-0.25, -0.2) is 0 Å². The molecule has 0 aliphatic carbocycles. The highest BCUT2D eigenvalue weighted by atomic mass is 16.5. The summed E-state index contributed by atoms with van der Waals surface area (Å²) in [6.45, 7) is 29.2. The molecule has 0 aromatic heterocycles. The van der Waals surface area contributed by atoms with Gasteiger partial charge in [-0.15, -0.1) is 0 Å². The molecule has 6 aromatic rings. The lowest BCUT2D eigenvalue weighted by Gasteiger charge is -2.51. The number of hydroxylamine groups is 4. The molecule has 6 aromatic carbocycles. The molecule has 0 bridgehead atoms. The van der Waals surface area contributed by atoms with E-state index in [2.05, 4.69) is 204 Å². The Bertz CT molecular complexity index is 2940. The summed E-state index contributed by atoms with van der Waals surface area (Å²) in [6.07, 6.45) is 3.19. The molecule has 2 aliphatic rings. The SMILES string of the molecule is CC(C)(C)NC(=O)c1cccc(C(=O)Nc2ccc(N(c3ccc(NC4CC(C)(C)N(O)C(C)(C)C4)cc3)c3ccc(N(c4ccc(NC5CC(C)(C)N(O)C(C)(C)C5)cc4)c4ccc(C(C)(C)C)cc4)cc3)cc2)c1. The normalized spacial score (nSPS) is 17.8. The number of nitrogens with zero attached hydrogens (tertiary/aromatic N) is 4. The molecule has 8 rings (SSSR count). The van der Waals surface area contributed by atoms with E-state index in [1.54, 1.807) is 24.3 Å². The van der Waals surface area contributed by atoms with Gasteiger partial charge in [0.05, 0.1) is 0 Å². The van der Waals surface area contributed by atoms with Crippen LogP contribution < -0.4 is 31.1 Å². The fourth-order valence-corrected chi connectivity index (χ4v) is 11.5. The Morgan fingerprint density at radius 1 is 0.461 bits per heavy atom. The van der Waals surface area contributed by atoms with E-state index >= 15 is 0 Å². The number of benzene rings is 6. The van der Waals surface area contributed by atoms with Gasteiger partial charge in [-0.2, -0.15) is 10.1 Å². The van der Waals surface area contributed by atoms with Crippen molar-refractivity contribution in [2.45, 2.75) is 168 Å². The van der Waals surface area contributed by atoms with Crippen LogP contribution >= 0.6 is 0 Å². The van der Waals surface area contributed by atoms with Crippen molar-refractivity contribution >= 4 is 63.0 Å². The van der Waals surface area contributed by atoms with Crippen molar-refractivity contribution in [2.75, 3.05) is 25.8 Å². The molecule has 0 saturated carbocycles. The number of nitrogens with one attached hydrogen (secondary N) is 4. The first-order valence-electron chi connectivity index (χ1n) is 26.8. The minimum Gasteiger partial charge on any atom is -0.382 e. The van der Waals surface area contributed by atoms with Gasteiger partial charge in [0, 0.05) is 102 Å². The lowest BCUT2D eigenvalue weighted by atomic mass is 9.79. The Morgan fingerprint density at radius 3 is 1.09 bits per heavy atom. The van der Waals surface area contributed by atoms with Crippen LogP contribution in [0.3, 0.4) is 0 Å². The molecule has 402 valence electrons. The van der Waals surface area contributed by atoms with E-state index in [1.165, 1.54) is 15.7 Å². The van der Waals surface area contributed by atoms with Crippen molar-refractivity contribution in [3.05, 3.63) is 162 Å². The van der Waals surface area contributed by atoms with Gasteiger partial charge in [-0.1, -0.05) is 39.0 Å². The van der Waals surface area contributed by atoms with E-state index in [4.69, 9.17) is 0 Å². The third kappa shape index (κ3) is 12.8. The lowest BCUT2D eigenvalue weighted by molar-refractivity contribution is -0.243. The van der Waals surface area contributed by atoms with E-state index in [9.17, 15) is 20.0 Å². The lowest BCUT2D eigenvalue weighted by Crippen LogP contribution is -2.61. The van der Waals surface area contributed by atoms with Crippen LogP contribution in [0.5, 0.6) is 0 Å². The summed E-state index contributed by atoms with van der Waals surface area (Å²) in [5.41, 5.74) is 8.59. The maximum Gasteiger partial charge on any atom is 0.255 e. The summed E-state index contributed by atoms with van der Waals surface area (Å²) in [7, 11) is 0. The molecule has 2 saturated heterocycles. The minimum atomic E-state index is -0.415. The number of hydrogen-bond acceptors (Lipinski definition) is 10. The summed E-state index contributed by atoms with van der Waals surface area (Å²) < 4.78 is 0. The molecular weight excluding hydrogens is 945 g/mol. The van der Waals surface area contributed by atoms with Gasteiger partial charge in [-0.05, 0) is 240 Å². The number of anilines is 9. The Morgan fingerprint density at radius 2 is 0.763 bits per heavy atom. The fraction of sp³-hybridized carbons (Fsp3) is 0.406. The number of carbonyl (C=O) groups is 2. The molecule has 6 N–H and O–H groups in total. The average Bonchev–Trinajstić information content (AvgIpc) is 3.34. The molecular formula is C64H82N8O4. The summed E-state index contributed by atoms with van der Waals surface area (Å²) in [6, 6.07) is 49.5. The van der Waals surface area contributed by atoms with Gasteiger partial charge in [0.2, 0.25) is 0 Å². The van der Waals surface area contributed by atoms with E-state index in [0.29, 0.717) is 16.8 Å². The number of hydrogen-bond donors (Lipinski definition) is 6. The van der Waals surface area contributed by atoms with Crippen molar-refractivity contribution in [2.24, 2.45) is 0 Å². The molecule has 12 heteroatoms. The zero-order valence-electron chi connectivity index (χ0n) is 47.3. The van der Waals surface area contributed by atoms with E-state index in [-0.39, 0.29) is 51.5 Å². The van der Waals surface area contributed by atoms with Crippen LogP contribution in [0.1, 0.15) is 149 Å². The van der Waals surface area contributed by atoms with Gasteiger partial charge in [0.25, 0.3) is 11.8 Å². The highest BCUT2D eigenvalue weighted by Gasteiger charge is 2.46. The first-order chi connectivity index (χ1) is 35.5. The molecule has 0 radical (unpaired) electrons. The second-order valence-electron chi connectivity index (χ2n) is 25.7. The highest BCUT2D eigenvalue weighted by molar-refractivity contribution is 6.06. The molecule has 0 atom stereocenters. The van der Waals surface area contributed by atoms with E-state index < -0.39 is 5.54 Å². The average molecular weight is 1030 g/mol. The third-order valence-electron chi connectivity index (χ3n) is 14.9. The van der Waals surface area contributed by atoms with Crippen molar-refractivity contribution in [3.8, 4) is 0 Å². The van der Waals surface area contributed by atoms with Gasteiger partial charge >= 0.3 is 0 Å². The van der Waals surface area contributed by atoms with Crippen LogP contribution in [-0.4, -0.2) is 72.1 Å². The van der Waals surface area contributed by atoms with E-state index in [1.807, 2.05) is 45.0 Å². The summed E-state index contributed by atoms with van der Waals surface area (Å²) >= 11 is 0. The quantitative estimate of drug-likeness (QED) is 0.0664. The van der Waals surface area contributed by atoms with E-state index in [0.717, 1.165) is 71.2 Å². The Hall–Kier alpha value is -6.70. The Labute approximate surface area is 452 Å². The van der Waals surface area contributed by atoms with Crippen molar-refractivity contribution in [1.29, 1.82) is 0 Å². The number of amides is 2. The number of piperidine rings is 2. The Balaban J connectivity index is 1.10. The number of carbonyl (C=O) groups excluding carboxylic acids is 2. The first kappa shape index (κ1) is 55.5. The monoisotopic (exact) mass is 1030 g/mol. The summed E-state index contributed by atoms with van der Waals surface area (Å²) in [5, 5.41) is 38.5. The fourth-order valence-electron chi connectivity index (χ4n) is 11.5. The maximum absolute atomic E-state index is 13.6. The zero-order valence-corrected chi connectivity index (χ0v) is 47.3. The molecule has 2 aliphatic heterocycles. The maximum atomic E-state index is 13.6. The van der Waals surface area contributed by atoms with Gasteiger partial charge in [-0.3, -0.25) is 9.59 Å². The second-order valence-corrected chi connectivity index (χ2v) is 25.7. The number of rotatable bonds is 13. The van der Waals surface area contributed by atoms with Crippen LogP contribution in [0.2, 0.25) is 0 Å². The van der Waals surface area contributed by atoms with Crippen LogP contribution in [0, 0.1) is 0 Å². The molecule has 76 heavy (non-hydrogen) atoms. The molecule has 0 unspecified atom stereocenters. The Kier molecular flexibility index (Phi) is 15.4. The van der Waals surface area contributed by atoms with Crippen LogP contribution in [0.4, 0.5) is 51.2 Å². The van der Waals surface area contributed by atoms with Crippen molar-refractivity contribution in [3.63, 3.8) is 0 Å². The summed E-state index contributed by atoms with van der Waals surface area (Å²) in [4.78, 5) is 31.1. The molecule has 12 nitrogen and oxygen atoms in total.